The summed E-state index contributed by atoms with van der Waals surface area (Å²) in [5.74, 6) is -1.28. The lowest BCUT2D eigenvalue weighted by Gasteiger charge is -2.11. The molecular formula is C14H8BrF2NO. The molecule has 0 atom stereocenters. The summed E-state index contributed by atoms with van der Waals surface area (Å²) >= 11 is 3.22. The van der Waals surface area contributed by atoms with Crippen LogP contribution < -0.4 is 4.74 Å². The van der Waals surface area contributed by atoms with Crippen molar-refractivity contribution in [1.29, 1.82) is 5.26 Å². The first-order valence-electron chi connectivity index (χ1n) is 5.37. The first-order chi connectivity index (χ1) is 9.17. The number of nitrogens with zero attached hydrogens (tertiary/aromatic N) is 1. The Hall–Kier alpha value is -1.93. The van der Waals surface area contributed by atoms with Crippen LogP contribution in [0, 0.1) is 23.0 Å². The summed E-state index contributed by atoms with van der Waals surface area (Å²) < 4.78 is 32.5. The average molecular weight is 324 g/mol. The maximum absolute atomic E-state index is 13.7. The summed E-state index contributed by atoms with van der Waals surface area (Å²) in [5.41, 5.74) is 0.333. The van der Waals surface area contributed by atoms with E-state index in [9.17, 15) is 8.78 Å². The van der Waals surface area contributed by atoms with Crippen molar-refractivity contribution < 1.29 is 13.5 Å². The van der Waals surface area contributed by atoms with E-state index >= 15 is 0 Å². The molecule has 0 fully saturated rings. The predicted octanol–water partition coefficient (Wildman–Crippen LogP) is 4.52. The van der Waals surface area contributed by atoms with Crippen molar-refractivity contribution in [2.75, 3.05) is 0 Å². The molecule has 96 valence electrons. The van der Waals surface area contributed by atoms with Crippen molar-refractivity contribution in [3.8, 4) is 17.6 Å². The first-order valence-corrected chi connectivity index (χ1v) is 6.49. The number of hydrogen-bond donors (Lipinski definition) is 0. The summed E-state index contributed by atoms with van der Waals surface area (Å²) in [6.45, 7) is 0. The largest absolute Gasteiger partial charge is 0.452 e. The molecule has 0 aliphatic carbocycles. The SMILES string of the molecule is N#Cc1c(F)cccc1Oc1c(F)cccc1CBr. The van der Waals surface area contributed by atoms with E-state index in [1.54, 1.807) is 18.2 Å². The molecule has 0 aliphatic heterocycles. The average Bonchev–Trinajstić information content (AvgIpc) is 2.41. The number of nitriles is 1. The fraction of sp³-hybridized carbons (Fsp3) is 0.0714. The molecule has 19 heavy (non-hydrogen) atoms. The van der Waals surface area contributed by atoms with E-state index in [1.165, 1.54) is 18.2 Å². The van der Waals surface area contributed by atoms with Gasteiger partial charge in [0, 0.05) is 10.9 Å². The lowest BCUT2D eigenvalue weighted by Crippen LogP contribution is -1.96. The minimum absolute atomic E-state index is 0.00481. The maximum atomic E-state index is 13.7. The van der Waals surface area contributed by atoms with Crippen molar-refractivity contribution in [3.63, 3.8) is 0 Å². The van der Waals surface area contributed by atoms with Gasteiger partial charge in [0.1, 0.15) is 23.2 Å². The Bertz CT molecular complexity index is 652. The molecule has 0 unspecified atom stereocenters. The Morgan fingerprint density at radius 2 is 1.79 bits per heavy atom. The van der Waals surface area contributed by atoms with Crippen LogP contribution in [0.2, 0.25) is 0 Å². The fourth-order valence-corrected chi connectivity index (χ4v) is 2.02. The molecule has 2 aromatic carbocycles. The highest BCUT2D eigenvalue weighted by atomic mass is 79.9. The highest BCUT2D eigenvalue weighted by molar-refractivity contribution is 9.08. The third kappa shape index (κ3) is 2.74. The van der Waals surface area contributed by atoms with Crippen LogP contribution in [0.25, 0.3) is 0 Å². The summed E-state index contributed by atoms with van der Waals surface area (Å²) in [5, 5.41) is 9.29. The number of hydrogen-bond acceptors (Lipinski definition) is 2. The van der Waals surface area contributed by atoms with E-state index in [-0.39, 0.29) is 17.1 Å². The molecule has 5 heteroatoms. The quantitative estimate of drug-likeness (QED) is 0.778. The van der Waals surface area contributed by atoms with Crippen LogP contribution in [0.4, 0.5) is 8.78 Å². The summed E-state index contributed by atoms with van der Waals surface area (Å²) in [6.07, 6.45) is 0. The van der Waals surface area contributed by atoms with E-state index in [0.29, 0.717) is 10.9 Å². The maximum Gasteiger partial charge on any atom is 0.167 e. The minimum atomic E-state index is -0.697. The number of rotatable bonds is 3. The summed E-state index contributed by atoms with van der Waals surface area (Å²) in [6, 6.07) is 10.2. The monoisotopic (exact) mass is 323 g/mol. The molecule has 0 spiro atoms. The van der Waals surface area contributed by atoms with Gasteiger partial charge in [0.05, 0.1) is 0 Å². The van der Waals surface area contributed by atoms with E-state index in [4.69, 9.17) is 10.00 Å². The van der Waals surface area contributed by atoms with Crippen LogP contribution in [0.1, 0.15) is 11.1 Å². The lowest BCUT2D eigenvalue weighted by atomic mass is 10.2. The normalized spacial score (nSPS) is 10.0. The topological polar surface area (TPSA) is 33.0 Å². The molecule has 0 saturated heterocycles. The van der Waals surface area contributed by atoms with Gasteiger partial charge in [-0.25, -0.2) is 8.78 Å². The molecule has 0 heterocycles. The molecular weight excluding hydrogens is 316 g/mol. The van der Waals surface area contributed by atoms with E-state index in [0.717, 1.165) is 6.07 Å². The van der Waals surface area contributed by atoms with Crippen molar-refractivity contribution in [1.82, 2.24) is 0 Å². The third-order valence-electron chi connectivity index (χ3n) is 2.49. The molecule has 0 amide bonds. The number of ether oxygens (including phenoxy) is 1. The van der Waals surface area contributed by atoms with Gasteiger partial charge in [-0.15, -0.1) is 0 Å². The minimum Gasteiger partial charge on any atom is -0.452 e. The fourth-order valence-electron chi connectivity index (χ4n) is 1.58. The molecule has 0 saturated carbocycles. The van der Waals surface area contributed by atoms with E-state index < -0.39 is 11.6 Å². The number of benzene rings is 2. The Morgan fingerprint density at radius 1 is 1.11 bits per heavy atom. The van der Waals surface area contributed by atoms with Crippen LogP contribution in [0.5, 0.6) is 11.5 Å². The smallest absolute Gasteiger partial charge is 0.167 e. The van der Waals surface area contributed by atoms with Crippen molar-refractivity contribution in [2.45, 2.75) is 5.33 Å². The zero-order valence-corrected chi connectivity index (χ0v) is 11.2. The Balaban J connectivity index is 2.48. The summed E-state index contributed by atoms with van der Waals surface area (Å²) in [7, 11) is 0. The van der Waals surface area contributed by atoms with Gasteiger partial charge >= 0.3 is 0 Å². The Labute approximate surface area is 117 Å². The van der Waals surface area contributed by atoms with Gasteiger partial charge in [-0.2, -0.15) is 5.26 Å². The number of para-hydroxylation sites is 1. The second-order valence-electron chi connectivity index (χ2n) is 3.69. The predicted molar refractivity (Wildman–Crippen MR) is 70.2 cm³/mol. The molecule has 0 aliphatic rings. The van der Waals surface area contributed by atoms with E-state index in [2.05, 4.69) is 15.9 Å². The van der Waals surface area contributed by atoms with Gasteiger partial charge in [0.25, 0.3) is 0 Å². The van der Waals surface area contributed by atoms with Crippen molar-refractivity contribution >= 4 is 15.9 Å². The molecule has 2 rings (SSSR count). The van der Waals surface area contributed by atoms with Gasteiger partial charge in [-0.05, 0) is 18.2 Å². The number of halogens is 3. The Kier molecular flexibility index (Phi) is 4.13. The molecule has 2 nitrogen and oxygen atoms in total. The molecule has 2 aromatic rings. The van der Waals surface area contributed by atoms with Crippen molar-refractivity contribution in [3.05, 3.63) is 59.2 Å². The van der Waals surface area contributed by atoms with E-state index in [1.807, 2.05) is 0 Å². The lowest BCUT2D eigenvalue weighted by molar-refractivity contribution is 0.433. The van der Waals surface area contributed by atoms with Crippen LogP contribution >= 0.6 is 15.9 Å². The highest BCUT2D eigenvalue weighted by Crippen LogP contribution is 2.32. The second kappa shape index (κ2) is 5.81. The zero-order chi connectivity index (χ0) is 13.8. The van der Waals surface area contributed by atoms with Crippen LogP contribution in [0.15, 0.2) is 36.4 Å². The van der Waals surface area contributed by atoms with Gasteiger partial charge < -0.3 is 4.74 Å². The first kappa shape index (κ1) is 13.5. The van der Waals surface area contributed by atoms with Gasteiger partial charge in [-0.3, -0.25) is 0 Å². The van der Waals surface area contributed by atoms with Crippen LogP contribution in [-0.4, -0.2) is 0 Å². The molecule has 0 aromatic heterocycles. The van der Waals surface area contributed by atoms with Gasteiger partial charge in [-0.1, -0.05) is 34.1 Å². The zero-order valence-electron chi connectivity index (χ0n) is 9.66. The van der Waals surface area contributed by atoms with Gasteiger partial charge in [0.2, 0.25) is 0 Å². The highest BCUT2D eigenvalue weighted by Gasteiger charge is 2.14. The Morgan fingerprint density at radius 3 is 2.47 bits per heavy atom. The molecule has 0 N–H and O–H groups in total. The van der Waals surface area contributed by atoms with Gasteiger partial charge in [0.15, 0.2) is 11.6 Å². The standard InChI is InChI=1S/C14H8BrF2NO/c15-7-9-3-1-5-12(17)14(9)19-13-6-2-4-11(16)10(13)8-18/h1-6H,7H2. The van der Waals surface area contributed by atoms with Crippen LogP contribution in [0.3, 0.4) is 0 Å². The van der Waals surface area contributed by atoms with Crippen LogP contribution in [-0.2, 0) is 5.33 Å². The molecule has 0 radical (unpaired) electrons. The second-order valence-corrected chi connectivity index (χ2v) is 4.25. The third-order valence-corrected chi connectivity index (χ3v) is 3.10. The summed E-state index contributed by atoms with van der Waals surface area (Å²) in [4.78, 5) is 0. The molecule has 0 bridgehead atoms. The van der Waals surface area contributed by atoms with Crippen molar-refractivity contribution in [2.24, 2.45) is 0 Å². The number of alkyl halides is 1.